The number of rotatable bonds is 5. The molecule has 0 atom stereocenters. The fourth-order valence-corrected chi connectivity index (χ4v) is 4.11. The third kappa shape index (κ3) is 3.88. The quantitative estimate of drug-likeness (QED) is 0.674. The van der Waals surface area contributed by atoms with Gasteiger partial charge in [-0.15, -0.1) is 0 Å². The summed E-state index contributed by atoms with van der Waals surface area (Å²) in [7, 11) is -3.82. The Hall–Kier alpha value is -2.66. The van der Waals surface area contributed by atoms with Crippen LogP contribution in [0.15, 0.2) is 83.8 Å². The molecule has 5 heteroatoms. The summed E-state index contributed by atoms with van der Waals surface area (Å²) in [6.45, 7) is 2.07. The van der Waals surface area contributed by atoms with Crippen LogP contribution in [0.5, 0.6) is 0 Å². The van der Waals surface area contributed by atoms with Gasteiger partial charge in [-0.25, -0.2) is 12.8 Å². The second-order valence-corrected chi connectivity index (χ2v) is 7.66. The first-order valence-electron chi connectivity index (χ1n) is 7.86. The summed E-state index contributed by atoms with van der Waals surface area (Å²) in [6, 6.07) is 21.4. The minimum absolute atomic E-state index is 0.127. The summed E-state index contributed by atoms with van der Waals surface area (Å²) >= 11 is 0. The Labute approximate surface area is 147 Å². The fourth-order valence-electron chi connectivity index (χ4n) is 2.64. The van der Waals surface area contributed by atoms with Crippen molar-refractivity contribution in [2.24, 2.45) is 0 Å². The minimum Gasteiger partial charge on any atom is -0.262 e. The summed E-state index contributed by atoms with van der Waals surface area (Å²) < 4.78 is 41.2. The SMILES string of the molecule is Cc1cccc(CN(c2cccc(F)c2)S(=O)(=O)c2ccccc2)c1. The summed E-state index contributed by atoms with van der Waals surface area (Å²) in [5, 5.41) is 0. The molecular formula is C20H18FNO2S. The average Bonchev–Trinajstić information content (AvgIpc) is 2.60. The number of nitrogens with zero attached hydrogens (tertiary/aromatic N) is 1. The molecule has 3 rings (SSSR count). The highest BCUT2D eigenvalue weighted by Gasteiger charge is 2.25. The highest BCUT2D eigenvalue weighted by Crippen LogP contribution is 2.26. The van der Waals surface area contributed by atoms with E-state index >= 15 is 0 Å². The van der Waals surface area contributed by atoms with Gasteiger partial charge in [0.2, 0.25) is 0 Å². The van der Waals surface area contributed by atoms with Crippen LogP contribution in [0.25, 0.3) is 0 Å². The van der Waals surface area contributed by atoms with E-state index in [9.17, 15) is 12.8 Å². The first-order valence-corrected chi connectivity index (χ1v) is 9.30. The van der Waals surface area contributed by atoms with Crippen molar-refractivity contribution in [2.75, 3.05) is 4.31 Å². The zero-order chi connectivity index (χ0) is 17.9. The largest absolute Gasteiger partial charge is 0.264 e. The zero-order valence-electron chi connectivity index (χ0n) is 13.8. The van der Waals surface area contributed by atoms with Gasteiger partial charge in [-0.3, -0.25) is 4.31 Å². The molecule has 0 aliphatic rings. The Balaban J connectivity index is 2.09. The van der Waals surface area contributed by atoms with Gasteiger partial charge in [0.1, 0.15) is 5.82 Å². The average molecular weight is 355 g/mol. The Morgan fingerprint density at radius 1 is 0.880 bits per heavy atom. The molecule has 3 aromatic rings. The lowest BCUT2D eigenvalue weighted by Crippen LogP contribution is -2.30. The number of benzene rings is 3. The van der Waals surface area contributed by atoms with Gasteiger partial charge < -0.3 is 0 Å². The standard InChI is InChI=1S/C20H18FNO2S/c1-16-7-5-8-17(13-16)15-22(19-10-6-9-18(21)14-19)25(23,24)20-11-3-2-4-12-20/h2-14H,15H2,1H3. The Morgan fingerprint density at radius 2 is 1.60 bits per heavy atom. The molecule has 0 amide bonds. The van der Waals surface area contributed by atoms with Crippen molar-refractivity contribution in [1.29, 1.82) is 0 Å². The lowest BCUT2D eigenvalue weighted by atomic mass is 10.1. The number of aryl methyl sites for hydroxylation is 1. The Kier molecular flexibility index (Phi) is 4.86. The lowest BCUT2D eigenvalue weighted by Gasteiger charge is -2.25. The summed E-state index contributed by atoms with van der Waals surface area (Å²) in [6.07, 6.45) is 0. The summed E-state index contributed by atoms with van der Waals surface area (Å²) in [4.78, 5) is 0.173. The summed E-state index contributed by atoms with van der Waals surface area (Å²) in [5.41, 5.74) is 2.17. The van der Waals surface area contributed by atoms with Crippen molar-refractivity contribution in [3.63, 3.8) is 0 Å². The van der Waals surface area contributed by atoms with Gasteiger partial charge in [-0.2, -0.15) is 0 Å². The van der Waals surface area contributed by atoms with Gasteiger partial charge in [0.25, 0.3) is 10.0 Å². The van der Waals surface area contributed by atoms with Crippen molar-refractivity contribution in [2.45, 2.75) is 18.4 Å². The van der Waals surface area contributed by atoms with Crippen LogP contribution in [0, 0.1) is 12.7 Å². The fraction of sp³-hybridized carbons (Fsp3) is 0.100. The van der Waals surface area contributed by atoms with Crippen LogP contribution in [0.4, 0.5) is 10.1 Å². The van der Waals surface area contributed by atoms with E-state index < -0.39 is 15.8 Å². The zero-order valence-corrected chi connectivity index (χ0v) is 14.6. The molecule has 3 nitrogen and oxygen atoms in total. The molecule has 3 aromatic carbocycles. The number of halogens is 1. The molecule has 0 aromatic heterocycles. The monoisotopic (exact) mass is 355 g/mol. The van der Waals surface area contributed by atoms with Gasteiger partial charge in [0.15, 0.2) is 0 Å². The van der Waals surface area contributed by atoms with Crippen LogP contribution in [-0.2, 0) is 16.6 Å². The van der Waals surface area contributed by atoms with Crippen LogP contribution in [-0.4, -0.2) is 8.42 Å². The maximum Gasteiger partial charge on any atom is 0.264 e. The molecule has 0 aliphatic carbocycles. The third-order valence-corrected chi connectivity index (χ3v) is 5.62. The summed E-state index contributed by atoms with van der Waals surface area (Å²) in [5.74, 6) is -0.477. The second kappa shape index (κ2) is 7.07. The molecule has 0 fully saturated rings. The van der Waals surface area contributed by atoms with Crippen molar-refractivity contribution in [3.05, 3.63) is 95.8 Å². The number of hydrogen-bond donors (Lipinski definition) is 0. The second-order valence-electron chi connectivity index (χ2n) is 5.79. The number of hydrogen-bond acceptors (Lipinski definition) is 2. The molecule has 0 radical (unpaired) electrons. The molecule has 0 N–H and O–H groups in total. The molecule has 0 unspecified atom stereocenters. The van der Waals surface area contributed by atoms with Crippen molar-refractivity contribution in [1.82, 2.24) is 0 Å². The van der Waals surface area contributed by atoms with E-state index in [0.29, 0.717) is 5.69 Å². The molecule has 0 spiro atoms. The van der Waals surface area contributed by atoms with E-state index in [0.717, 1.165) is 11.1 Å². The highest BCUT2D eigenvalue weighted by atomic mass is 32.2. The van der Waals surface area contributed by atoms with E-state index in [1.165, 1.54) is 34.6 Å². The molecule has 25 heavy (non-hydrogen) atoms. The van der Waals surface area contributed by atoms with Gasteiger partial charge in [0, 0.05) is 0 Å². The molecule has 0 saturated heterocycles. The van der Waals surface area contributed by atoms with E-state index in [1.54, 1.807) is 24.3 Å². The van der Waals surface area contributed by atoms with Crippen LogP contribution < -0.4 is 4.31 Å². The van der Waals surface area contributed by atoms with Crippen LogP contribution in [0.3, 0.4) is 0 Å². The smallest absolute Gasteiger partial charge is 0.262 e. The van der Waals surface area contributed by atoms with E-state index in [1.807, 2.05) is 31.2 Å². The van der Waals surface area contributed by atoms with E-state index in [2.05, 4.69) is 0 Å². The Bertz CT molecular complexity index is 972. The first kappa shape index (κ1) is 17.2. The minimum atomic E-state index is -3.82. The maximum absolute atomic E-state index is 13.7. The predicted octanol–water partition coefficient (Wildman–Crippen LogP) is 4.53. The van der Waals surface area contributed by atoms with Crippen molar-refractivity contribution in [3.8, 4) is 0 Å². The number of sulfonamides is 1. The molecule has 0 bridgehead atoms. The van der Waals surface area contributed by atoms with Gasteiger partial charge in [-0.05, 0) is 42.8 Å². The van der Waals surface area contributed by atoms with E-state index in [-0.39, 0.29) is 11.4 Å². The van der Waals surface area contributed by atoms with Gasteiger partial charge in [0.05, 0.1) is 17.1 Å². The molecular weight excluding hydrogens is 337 g/mol. The molecule has 0 heterocycles. The maximum atomic E-state index is 13.7. The Morgan fingerprint density at radius 3 is 2.28 bits per heavy atom. The van der Waals surface area contributed by atoms with Crippen LogP contribution >= 0.6 is 0 Å². The molecule has 0 aliphatic heterocycles. The molecule has 128 valence electrons. The molecule has 0 saturated carbocycles. The van der Waals surface area contributed by atoms with Crippen molar-refractivity contribution < 1.29 is 12.8 Å². The van der Waals surface area contributed by atoms with Crippen LogP contribution in [0.1, 0.15) is 11.1 Å². The van der Waals surface area contributed by atoms with Gasteiger partial charge >= 0.3 is 0 Å². The normalized spacial score (nSPS) is 11.3. The van der Waals surface area contributed by atoms with Gasteiger partial charge in [-0.1, -0.05) is 54.1 Å². The van der Waals surface area contributed by atoms with E-state index in [4.69, 9.17) is 0 Å². The predicted molar refractivity (Wildman–Crippen MR) is 97.4 cm³/mol. The van der Waals surface area contributed by atoms with Crippen molar-refractivity contribution >= 4 is 15.7 Å². The number of anilines is 1. The highest BCUT2D eigenvalue weighted by molar-refractivity contribution is 7.92. The first-order chi connectivity index (χ1) is 12.0. The topological polar surface area (TPSA) is 37.4 Å². The van der Waals surface area contributed by atoms with Crippen LogP contribution in [0.2, 0.25) is 0 Å². The lowest BCUT2D eigenvalue weighted by molar-refractivity contribution is 0.590. The third-order valence-electron chi connectivity index (χ3n) is 3.84.